The van der Waals surface area contributed by atoms with Crippen LogP contribution >= 0.6 is 0 Å². The molecule has 0 saturated carbocycles. The summed E-state index contributed by atoms with van der Waals surface area (Å²) in [6.07, 6.45) is -1.99. The van der Waals surface area contributed by atoms with E-state index >= 15 is 0 Å². The van der Waals surface area contributed by atoms with Gasteiger partial charge >= 0.3 is 12.2 Å². The molecule has 0 bridgehead atoms. The highest BCUT2D eigenvalue weighted by molar-refractivity contribution is 5.95. The quantitative estimate of drug-likeness (QED) is 0.877. The van der Waals surface area contributed by atoms with Crippen molar-refractivity contribution in [2.24, 2.45) is 0 Å². The summed E-state index contributed by atoms with van der Waals surface area (Å²) in [6.45, 7) is 1.47. The third-order valence-electron chi connectivity index (χ3n) is 4.26. The summed E-state index contributed by atoms with van der Waals surface area (Å²) >= 11 is 0. The molecule has 27 heavy (non-hydrogen) atoms. The zero-order valence-electron chi connectivity index (χ0n) is 14.8. The number of amides is 3. The Bertz CT molecular complexity index is 810. The second kappa shape index (κ2) is 8.35. The van der Waals surface area contributed by atoms with E-state index in [1.165, 1.54) is 0 Å². The fourth-order valence-electron chi connectivity index (χ4n) is 2.89. The number of hydrogen-bond acceptors (Lipinski definition) is 5. The molecule has 1 heterocycles. The lowest BCUT2D eigenvalue weighted by molar-refractivity contribution is -0.128. The van der Waals surface area contributed by atoms with E-state index in [2.05, 4.69) is 5.32 Å². The number of carbonyl (C=O) groups excluding carboxylic acids is 3. The summed E-state index contributed by atoms with van der Waals surface area (Å²) in [4.78, 5) is 37.3. The number of ether oxygens (including phenoxy) is 2. The average molecular weight is 368 g/mol. The van der Waals surface area contributed by atoms with Crippen LogP contribution in [0.15, 0.2) is 60.7 Å². The maximum atomic E-state index is 12.4. The molecule has 1 aliphatic heterocycles. The van der Waals surface area contributed by atoms with Gasteiger partial charge in [0.15, 0.2) is 0 Å². The molecule has 1 N–H and O–H groups in total. The van der Waals surface area contributed by atoms with Crippen LogP contribution in [0.2, 0.25) is 0 Å². The second-order valence-corrected chi connectivity index (χ2v) is 6.13. The Hall–Kier alpha value is -3.35. The van der Waals surface area contributed by atoms with Gasteiger partial charge in [0.2, 0.25) is 0 Å². The summed E-state index contributed by atoms with van der Waals surface area (Å²) in [6, 6.07) is 17.9. The molecule has 1 saturated heterocycles. The van der Waals surface area contributed by atoms with Gasteiger partial charge in [-0.15, -0.1) is 0 Å². The van der Waals surface area contributed by atoms with Gasteiger partial charge in [-0.1, -0.05) is 60.7 Å². The molecular formula is C20H20N2O5. The van der Waals surface area contributed by atoms with Gasteiger partial charge in [-0.25, -0.2) is 14.5 Å². The summed E-state index contributed by atoms with van der Waals surface area (Å²) in [5.41, 5.74) is 1.64. The Morgan fingerprint density at radius 2 is 1.70 bits per heavy atom. The zero-order chi connectivity index (χ0) is 19.2. The van der Waals surface area contributed by atoms with Crippen molar-refractivity contribution in [2.45, 2.75) is 25.7 Å². The fraction of sp³-hybridized carbons (Fsp3) is 0.250. The molecule has 2 atom stereocenters. The van der Waals surface area contributed by atoms with Gasteiger partial charge in [0, 0.05) is 0 Å². The van der Waals surface area contributed by atoms with Gasteiger partial charge in [-0.3, -0.25) is 4.79 Å². The van der Waals surface area contributed by atoms with E-state index < -0.39 is 30.2 Å². The molecule has 3 rings (SSSR count). The van der Waals surface area contributed by atoms with Crippen molar-refractivity contribution >= 4 is 18.1 Å². The third kappa shape index (κ3) is 4.44. The van der Waals surface area contributed by atoms with E-state index in [0.717, 1.165) is 16.0 Å². The molecule has 2 aromatic rings. The van der Waals surface area contributed by atoms with E-state index in [4.69, 9.17) is 9.47 Å². The molecule has 7 nitrogen and oxygen atoms in total. The summed E-state index contributed by atoms with van der Waals surface area (Å²) in [7, 11) is 0. The number of carbonyl (C=O) groups is 3. The second-order valence-electron chi connectivity index (χ2n) is 6.13. The Balaban J connectivity index is 1.51. The normalized spacial score (nSPS) is 18.7. The Morgan fingerprint density at radius 1 is 1.07 bits per heavy atom. The molecule has 7 heteroatoms. The standard InChI is InChI=1S/C20H20N2O5/c1-14-18(16-10-6-3-7-11-16)27-20(25)22(14)17(23)12-21-19(24)26-13-15-8-4-2-5-9-15/h2-11,14,18H,12-13H2,1H3,(H,21,24). The lowest BCUT2D eigenvalue weighted by Gasteiger charge is -2.19. The van der Waals surface area contributed by atoms with Crippen LogP contribution in [0.5, 0.6) is 0 Å². The highest BCUT2D eigenvalue weighted by Gasteiger charge is 2.43. The molecule has 2 aromatic carbocycles. The number of nitrogens with one attached hydrogen (secondary N) is 1. The predicted octanol–water partition coefficient (Wildman–Crippen LogP) is 3.02. The number of nitrogens with zero attached hydrogens (tertiary/aromatic N) is 1. The summed E-state index contributed by atoms with van der Waals surface area (Å²) < 4.78 is 10.4. The average Bonchev–Trinajstić information content (AvgIpc) is 3.00. The highest BCUT2D eigenvalue weighted by atomic mass is 16.6. The van der Waals surface area contributed by atoms with Crippen molar-refractivity contribution in [1.29, 1.82) is 0 Å². The number of hydrogen-bond donors (Lipinski definition) is 1. The van der Waals surface area contributed by atoms with Gasteiger partial charge in [0.05, 0.1) is 6.04 Å². The molecular weight excluding hydrogens is 348 g/mol. The molecule has 2 unspecified atom stereocenters. The largest absolute Gasteiger partial charge is 0.445 e. The molecule has 140 valence electrons. The fourth-order valence-corrected chi connectivity index (χ4v) is 2.89. The Morgan fingerprint density at radius 3 is 2.37 bits per heavy atom. The van der Waals surface area contributed by atoms with Crippen LogP contribution in [0.3, 0.4) is 0 Å². The Kier molecular flexibility index (Phi) is 5.71. The van der Waals surface area contributed by atoms with Crippen LogP contribution < -0.4 is 5.32 Å². The first-order chi connectivity index (χ1) is 13.1. The SMILES string of the molecule is CC1C(c2ccccc2)OC(=O)N1C(=O)CNC(=O)OCc1ccccc1. The number of benzene rings is 2. The van der Waals surface area contributed by atoms with E-state index in [9.17, 15) is 14.4 Å². The van der Waals surface area contributed by atoms with Crippen LogP contribution in [0.1, 0.15) is 24.2 Å². The van der Waals surface area contributed by atoms with E-state index in [1.54, 1.807) is 6.92 Å². The van der Waals surface area contributed by atoms with Crippen molar-refractivity contribution in [2.75, 3.05) is 6.54 Å². The number of imide groups is 1. The van der Waals surface area contributed by atoms with Crippen LogP contribution in [0, 0.1) is 0 Å². The highest BCUT2D eigenvalue weighted by Crippen LogP contribution is 2.32. The maximum Gasteiger partial charge on any atom is 0.417 e. The first-order valence-corrected chi connectivity index (χ1v) is 8.58. The molecule has 0 aliphatic carbocycles. The van der Waals surface area contributed by atoms with Gasteiger partial charge in [-0.05, 0) is 18.1 Å². The number of rotatable bonds is 5. The molecule has 0 aromatic heterocycles. The van der Waals surface area contributed by atoms with Gasteiger partial charge < -0.3 is 14.8 Å². The first-order valence-electron chi connectivity index (χ1n) is 8.58. The molecule has 0 radical (unpaired) electrons. The van der Waals surface area contributed by atoms with Crippen molar-refractivity contribution in [3.8, 4) is 0 Å². The lowest BCUT2D eigenvalue weighted by atomic mass is 10.0. The topological polar surface area (TPSA) is 84.9 Å². The summed E-state index contributed by atoms with van der Waals surface area (Å²) in [5.74, 6) is -0.553. The first kappa shape index (κ1) is 18.4. The monoisotopic (exact) mass is 368 g/mol. The number of cyclic esters (lactones) is 1. The Labute approximate surface area is 156 Å². The minimum atomic E-state index is -0.730. The van der Waals surface area contributed by atoms with Crippen LogP contribution in [0.4, 0.5) is 9.59 Å². The van der Waals surface area contributed by atoms with Crippen LogP contribution in [-0.4, -0.2) is 35.6 Å². The van der Waals surface area contributed by atoms with Gasteiger partial charge in [0.25, 0.3) is 5.91 Å². The predicted molar refractivity (Wildman–Crippen MR) is 96.6 cm³/mol. The van der Waals surface area contributed by atoms with E-state index in [-0.39, 0.29) is 13.2 Å². The van der Waals surface area contributed by atoms with E-state index in [0.29, 0.717) is 0 Å². The van der Waals surface area contributed by atoms with E-state index in [1.807, 2.05) is 60.7 Å². The molecule has 1 fully saturated rings. The third-order valence-corrected chi connectivity index (χ3v) is 4.26. The minimum Gasteiger partial charge on any atom is -0.445 e. The van der Waals surface area contributed by atoms with Crippen molar-refractivity contribution in [3.05, 3.63) is 71.8 Å². The van der Waals surface area contributed by atoms with Gasteiger partial charge in [-0.2, -0.15) is 0 Å². The molecule has 1 aliphatic rings. The number of alkyl carbamates (subject to hydrolysis) is 1. The lowest BCUT2D eigenvalue weighted by Crippen LogP contribution is -2.44. The van der Waals surface area contributed by atoms with Crippen molar-refractivity contribution in [1.82, 2.24) is 10.2 Å². The van der Waals surface area contributed by atoms with Crippen molar-refractivity contribution in [3.63, 3.8) is 0 Å². The smallest absolute Gasteiger partial charge is 0.417 e. The van der Waals surface area contributed by atoms with Gasteiger partial charge in [0.1, 0.15) is 19.3 Å². The zero-order valence-corrected chi connectivity index (χ0v) is 14.8. The van der Waals surface area contributed by atoms with Crippen LogP contribution in [-0.2, 0) is 20.9 Å². The van der Waals surface area contributed by atoms with Crippen molar-refractivity contribution < 1.29 is 23.9 Å². The maximum absolute atomic E-state index is 12.4. The molecule has 0 spiro atoms. The van der Waals surface area contributed by atoms with Crippen LogP contribution in [0.25, 0.3) is 0 Å². The molecule has 3 amide bonds. The minimum absolute atomic E-state index is 0.0963. The summed E-state index contributed by atoms with van der Waals surface area (Å²) in [5, 5.41) is 2.37.